The third-order valence-electron chi connectivity index (χ3n) is 6.56. The van der Waals surface area contributed by atoms with Gasteiger partial charge in [0, 0.05) is 23.9 Å². The molecule has 0 saturated carbocycles. The van der Waals surface area contributed by atoms with E-state index < -0.39 is 12.0 Å². The van der Waals surface area contributed by atoms with Crippen LogP contribution in [0.4, 0.5) is 16.3 Å². The molecule has 0 aliphatic heterocycles. The van der Waals surface area contributed by atoms with Crippen LogP contribution in [0, 0.1) is 6.92 Å². The van der Waals surface area contributed by atoms with Gasteiger partial charge in [0.05, 0.1) is 23.8 Å². The van der Waals surface area contributed by atoms with Gasteiger partial charge >= 0.3 is 6.09 Å². The first kappa shape index (κ1) is 28.0. The predicted octanol–water partition coefficient (Wildman–Crippen LogP) is 5.82. The second-order valence-corrected chi connectivity index (χ2v) is 9.67. The van der Waals surface area contributed by atoms with Crippen molar-refractivity contribution >= 4 is 23.5 Å². The zero-order valence-corrected chi connectivity index (χ0v) is 23.1. The molecule has 0 bridgehead atoms. The summed E-state index contributed by atoms with van der Waals surface area (Å²) in [5.41, 5.74) is 12.7. The average Bonchev–Trinajstić information content (AvgIpc) is 3.01. The van der Waals surface area contributed by atoms with Crippen LogP contribution in [0.25, 0.3) is 22.4 Å². The van der Waals surface area contributed by atoms with E-state index in [1.807, 2.05) is 91.9 Å². The number of alkyl carbamates (subject to hydrolysis) is 1. The normalized spacial score (nSPS) is 10.6. The molecule has 0 aliphatic carbocycles. The number of carbonyl (C=O) groups is 2. The van der Waals surface area contributed by atoms with Gasteiger partial charge in [-0.25, -0.2) is 14.8 Å². The molecule has 0 saturated heterocycles. The van der Waals surface area contributed by atoms with E-state index in [0.717, 1.165) is 33.4 Å². The van der Waals surface area contributed by atoms with Crippen LogP contribution in [-0.4, -0.2) is 33.5 Å². The van der Waals surface area contributed by atoms with E-state index in [1.54, 1.807) is 12.4 Å². The number of nitrogens with zero attached hydrogens (tertiary/aromatic N) is 3. The third kappa shape index (κ3) is 7.14. The number of aryl methyl sites for hydroxylation is 1. The van der Waals surface area contributed by atoms with Gasteiger partial charge in [0.15, 0.2) is 11.5 Å². The number of nitrogen functional groups attached to an aromatic ring is 1. The zero-order valence-electron chi connectivity index (χ0n) is 23.1. The smallest absolute Gasteiger partial charge is 0.407 e. The van der Waals surface area contributed by atoms with E-state index in [2.05, 4.69) is 25.6 Å². The molecule has 42 heavy (non-hydrogen) atoms. The number of aromatic nitrogens is 3. The van der Waals surface area contributed by atoms with Gasteiger partial charge in [-0.2, -0.15) is 0 Å². The highest BCUT2D eigenvalue weighted by Crippen LogP contribution is 2.28. The number of rotatable bonds is 9. The Morgan fingerprint density at radius 2 is 1.69 bits per heavy atom. The number of nitrogens with two attached hydrogens (primary N) is 1. The van der Waals surface area contributed by atoms with Gasteiger partial charge in [-0.05, 0) is 36.1 Å². The number of ether oxygens (including phenoxy) is 1. The summed E-state index contributed by atoms with van der Waals surface area (Å²) in [7, 11) is 0. The summed E-state index contributed by atoms with van der Waals surface area (Å²) in [5.74, 6) is -0.454. The number of benzene rings is 3. The first-order chi connectivity index (χ1) is 20.5. The van der Waals surface area contributed by atoms with Crippen LogP contribution in [0.15, 0.2) is 104 Å². The van der Waals surface area contributed by atoms with E-state index in [1.165, 1.54) is 6.20 Å². The number of anilines is 2. The van der Waals surface area contributed by atoms with E-state index in [-0.39, 0.29) is 18.1 Å². The monoisotopic (exact) mass is 558 g/mol. The minimum absolute atomic E-state index is 0.0221. The van der Waals surface area contributed by atoms with E-state index in [9.17, 15) is 9.59 Å². The van der Waals surface area contributed by atoms with Crippen molar-refractivity contribution in [1.82, 2.24) is 20.3 Å². The molecule has 5 rings (SSSR count). The molecule has 9 nitrogen and oxygen atoms in total. The lowest BCUT2D eigenvalue weighted by Crippen LogP contribution is -2.26. The molecular weight excluding hydrogens is 528 g/mol. The molecule has 2 amide bonds. The lowest BCUT2D eigenvalue weighted by Gasteiger charge is -2.12. The maximum absolute atomic E-state index is 13.3. The molecular formula is C33H30N6O3. The number of carbonyl (C=O) groups excluding carboxylic acids is 2. The van der Waals surface area contributed by atoms with Gasteiger partial charge in [-0.1, -0.05) is 84.4 Å². The van der Waals surface area contributed by atoms with Crippen molar-refractivity contribution in [2.75, 3.05) is 17.6 Å². The summed E-state index contributed by atoms with van der Waals surface area (Å²) >= 11 is 0. The SMILES string of the molecule is Cc1cccc(-c2ccncc2NC(=O)c2nc(-c3ccc(CCNC(=O)OCc4ccccc4)cc3)cnc2N)c1. The van der Waals surface area contributed by atoms with Gasteiger partial charge in [-0.15, -0.1) is 0 Å². The summed E-state index contributed by atoms with van der Waals surface area (Å²) in [6, 6.07) is 27.0. The lowest BCUT2D eigenvalue weighted by molar-refractivity contribution is 0.102. The van der Waals surface area contributed by atoms with E-state index in [0.29, 0.717) is 24.3 Å². The van der Waals surface area contributed by atoms with Crippen molar-refractivity contribution in [2.24, 2.45) is 0 Å². The van der Waals surface area contributed by atoms with E-state index in [4.69, 9.17) is 10.5 Å². The summed E-state index contributed by atoms with van der Waals surface area (Å²) in [6.45, 7) is 2.66. The molecule has 0 fully saturated rings. The van der Waals surface area contributed by atoms with Crippen LogP contribution in [0.2, 0.25) is 0 Å². The third-order valence-corrected chi connectivity index (χ3v) is 6.56. The topological polar surface area (TPSA) is 132 Å². The molecule has 4 N–H and O–H groups in total. The highest BCUT2D eigenvalue weighted by Gasteiger charge is 2.17. The van der Waals surface area contributed by atoms with Crippen molar-refractivity contribution < 1.29 is 14.3 Å². The van der Waals surface area contributed by atoms with Crippen molar-refractivity contribution in [2.45, 2.75) is 20.0 Å². The van der Waals surface area contributed by atoms with Crippen LogP contribution in [0.3, 0.4) is 0 Å². The molecule has 9 heteroatoms. The molecule has 0 unspecified atom stereocenters. The Morgan fingerprint density at radius 3 is 2.48 bits per heavy atom. The van der Waals surface area contributed by atoms with Crippen molar-refractivity contribution in [3.63, 3.8) is 0 Å². The summed E-state index contributed by atoms with van der Waals surface area (Å²) in [5, 5.41) is 5.66. The highest BCUT2D eigenvalue weighted by molar-refractivity contribution is 6.07. The Hall–Kier alpha value is -5.57. The van der Waals surface area contributed by atoms with Gasteiger partial charge in [0.2, 0.25) is 0 Å². The maximum atomic E-state index is 13.3. The number of hydrogen-bond donors (Lipinski definition) is 3. The Labute approximate surface area is 243 Å². The fourth-order valence-corrected chi connectivity index (χ4v) is 4.37. The first-order valence-corrected chi connectivity index (χ1v) is 13.4. The minimum Gasteiger partial charge on any atom is -0.445 e. The number of nitrogens with one attached hydrogen (secondary N) is 2. The Kier molecular flexibility index (Phi) is 8.79. The number of pyridine rings is 1. The molecule has 0 spiro atoms. The Balaban J connectivity index is 1.21. The van der Waals surface area contributed by atoms with Crippen molar-refractivity contribution in [1.29, 1.82) is 0 Å². The van der Waals surface area contributed by atoms with Crippen LogP contribution in [0.1, 0.15) is 27.2 Å². The molecule has 0 atom stereocenters. The van der Waals surface area contributed by atoms with Gasteiger partial charge < -0.3 is 21.1 Å². The quantitative estimate of drug-likeness (QED) is 0.208. The summed E-state index contributed by atoms with van der Waals surface area (Å²) < 4.78 is 5.24. The van der Waals surface area contributed by atoms with Crippen molar-refractivity contribution in [3.05, 3.63) is 126 Å². The molecule has 5 aromatic rings. The largest absolute Gasteiger partial charge is 0.445 e. The van der Waals surface area contributed by atoms with Crippen LogP contribution in [-0.2, 0) is 17.8 Å². The average molecular weight is 559 g/mol. The lowest BCUT2D eigenvalue weighted by atomic mass is 10.0. The van der Waals surface area contributed by atoms with Gasteiger partial charge in [0.1, 0.15) is 6.61 Å². The number of amides is 2. The molecule has 210 valence electrons. The fraction of sp³-hybridized carbons (Fsp3) is 0.121. The highest BCUT2D eigenvalue weighted by atomic mass is 16.5. The molecule has 0 radical (unpaired) electrons. The Morgan fingerprint density at radius 1 is 0.881 bits per heavy atom. The predicted molar refractivity (Wildman–Crippen MR) is 163 cm³/mol. The molecule has 0 aliphatic rings. The van der Waals surface area contributed by atoms with Gasteiger partial charge in [-0.3, -0.25) is 9.78 Å². The summed E-state index contributed by atoms with van der Waals surface area (Å²) in [4.78, 5) is 38.2. The van der Waals surface area contributed by atoms with Gasteiger partial charge in [0.25, 0.3) is 5.91 Å². The van der Waals surface area contributed by atoms with Crippen molar-refractivity contribution in [3.8, 4) is 22.4 Å². The molecule has 3 aromatic carbocycles. The van der Waals surface area contributed by atoms with Crippen LogP contribution >= 0.6 is 0 Å². The first-order valence-electron chi connectivity index (χ1n) is 13.4. The minimum atomic E-state index is -0.481. The Bertz CT molecular complexity index is 1690. The van der Waals surface area contributed by atoms with E-state index >= 15 is 0 Å². The van der Waals surface area contributed by atoms with Crippen LogP contribution < -0.4 is 16.4 Å². The molecule has 2 heterocycles. The number of hydrogen-bond acceptors (Lipinski definition) is 7. The molecule has 2 aromatic heterocycles. The fourth-order valence-electron chi connectivity index (χ4n) is 4.37. The standard InChI is InChI=1S/C33H30N6O3/c1-22-6-5-9-26(18-22)27-15-16-35-19-29(27)39-32(40)30-31(34)37-20-28(38-30)25-12-10-23(11-13-25)14-17-36-33(41)42-21-24-7-3-2-4-8-24/h2-13,15-16,18-20H,14,17,21H2,1H3,(H2,34,37)(H,36,41)(H,39,40). The summed E-state index contributed by atoms with van der Waals surface area (Å²) in [6.07, 6.45) is 4.97. The maximum Gasteiger partial charge on any atom is 0.407 e. The second-order valence-electron chi connectivity index (χ2n) is 9.67. The van der Waals surface area contributed by atoms with Crippen LogP contribution in [0.5, 0.6) is 0 Å². The zero-order chi connectivity index (χ0) is 29.3. The second kappa shape index (κ2) is 13.2.